The molecule has 1 heterocycles. The molecule has 0 bridgehead atoms. The molecule has 0 aliphatic carbocycles. The number of aromatic nitrogens is 1. The number of aliphatic hydroxyl groups excluding tert-OH is 1. The monoisotopic (exact) mass is 615 g/mol. The third-order valence-electron chi connectivity index (χ3n) is 8.33. The molecule has 0 unspecified atom stereocenters. The molecule has 240 valence electrons. The number of hydrogen-bond acceptors (Lipinski definition) is 6. The lowest BCUT2D eigenvalue weighted by Crippen LogP contribution is -2.11. The van der Waals surface area contributed by atoms with Crippen LogP contribution in [-0.4, -0.2) is 45.4 Å². The summed E-state index contributed by atoms with van der Waals surface area (Å²) in [6, 6.07) is 10.0. The van der Waals surface area contributed by atoms with E-state index in [2.05, 4.69) is 0 Å². The molecule has 0 spiro atoms. The van der Waals surface area contributed by atoms with E-state index >= 15 is 0 Å². The summed E-state index contributed by atoms with van der Waals surface area (Å²) in [5, 5.41) is 9.62. The summed E-state index contributed by atoms with van der Waals surface area (Å²) < 4.78 is 45.2. The van der Waals surface area contributed by atoms with Crippen LogP contribution in [0.25, 0.3) is 10.9 Å². The van der Waals surface area contributed by atoms with Gasteiger partial charge in [0, 0.05) is 18.2 Å². The van der Waals surface area contributed by atoms with Gasteiger partial charge in [-0.3, -0.25) is 0 Å². The van der Waals surface area contributed by atoms with Crippen molar-refractivity contribution in [1.82, 2.24) is 3.97 Å². The van der Waals surface area contributed by atoms with E-state index in [0.29, 0.717) is 29.4 Å². The third kappa shape index (κ3) is 10.2. The fraction of sp³-hybridized carbons (Fsp3) is 0.600. The quantitative estimate of drug-likeness (QED) is 0.107. The Hall–Kier alpha value is -2.71. The summed E-state index contributed by atoms with van der Waals surface area (Å²) in [6.07, 6.45) is 22.4. The molecule has 0 radical (unpaired) electrons. The van der Waals surface area contributed by atoms with Crippen LogP contribution in [0.5, 0.6) is 17.2 Å². The van der Waals surface area contributed by atoms with E-state index in [1.807, 2.05) is 0 Å². The smallest absolute Gasteiger partial charge is 0.268 e. The van der Waals surface area contributed by atoms with Gasteiger partial charge in [-0.1, -0.05) is 89.9 Å². The largest absolute Gasteiger partial charge is 0.497 e. The van der Waals surface area contributed by atoms with E-state index in [1.54, 1.807) is 63.9 Å². The van der Waals surface area contributed by atoms with Crippen LogP contribution < -0.4 is 14.2 Å². The molecule has 8 heteroatoms. The van der Waals surface area contributed by atoms with Gasteiger partial charge >= 0.3 is 0 Å². The van der Waals surface area contributed by atoms with Crippen LogP contribution in [0.1, 0.15) is 108 Å². The van der Waals surface area contributed by atoms with Crippen LogP contribution in [0.2, 0.25) is 0 Å². The second kappa shape index (κ2) is 18.8. The van der Waals surface area contributed by atoms with Crippen molar-refractivity contribution in [2.24, 2.45) is 0 Å². The van der Waals surface area contributed by atoms with Crippen LogP contribution in [0.4, 0.5) is 0 Å². The molecule has 0 saturated heterocycles. The highest BCUT2D eigenvalue weighted by Gasteiger charge is 2.24. The minimum Gasteiger partial charge on any atom is -0.497 e. The Kier molecular flexibility index (Phi) is 15.2. The molecule has 2 aromatic carbocycles. The molecule has 3 rings (SSSR count). The molecular formula is C35H53NO6S. The van der Waals surface area contributed by atoms with Crippen molar-refractivity contribution >= 4 is 20.9 Å². The van der Waals surface area contributed by atoms with Gasteiger partial charge in [-0.2, -0.15) is 0 Å². The number of aryl methyl sites for hydroxylation is 1. The van der Waals surface area contributed by atoms with Gasteiger partial charge in [0.1, 0.15) is 5.75 Å². The van der Waals surface area contributed by atoms with Crippen molar-refractivity contribution in [2.45, 2.75) is 114 Å². The molecule has 3 aromatic rings. The second-order valence-electron chi connectivity index (χ2n) is 11.5. The van der Waals surface area contributed by atoms with Gasteiger partial charge in [0.15, 0.2) is 11.5 Å². The molecular weight excluding hydrogens is 562 g/mol. The van der Waals surface area contributed by atoms with E-state index in [1.165, 1.54) is 87.4 Å². The van der Waals surface area contributed by atoms with Crippen LogP contribution in [0, 0.1) is 0 Å². The van der Waals surface area contributed by atoms with E-state index in [0.717, 1.165) is 36.6 Å². The minimum atomic E-state index is -3.82. The van der Waals surface area contributed by atoms with Crippen LogP contribution in [0.3, 0.4) is 0 Å². The summed E-state index contributed by atoms with van der Waals surface area (Å²) in [7, 11) is 0.932. The maximum Gasteiger partial charge on any atom is 0.268 e. The highest BCUT2D eigenvalue weighted by Crippen LogP contribution is 2.40. The van der Waals surface area contributed by atoms with Crippen LogP contribution in [0.15, 0.2) is 47.5 Å². The Bertz CT molecular complexity index is 1320. The van der Waals surface area contributed by atoms with Crippen molar-refractivity contribution in [3.05, 3.63) is 48.2 Å². The Morgan fingerprint density at radius 2 is 1.14 bits per heavy atom. The highest BCUT2D eigenvalue weighted by atomic mass is 32.2. The van der Waals surface area contributed by atoms with Crippen molar-refractivity contribution in [2.75, 3.05) is 27.9 Å². The van der Waals surface area contributed by atoms with Gasteiger partial charge < -0.3 is 19.3 Å². The number of fused-ring (bicyclic) bond motifs is 1. The molecule has 0 aliphatic heterocycles. The normalized spacial score (nSPS) is 11.7. The summed E-state index contributed by atoms with van der Waals surface area (Å²) >= 11 is 0. The first-order valence-electron chi connectivity index (χ1n) is 16.2. The fourth-order valence-electron chi connectivity index (χ4n) is 5.84. The Morgan fingerprint density at radius 3 is 1.60 bits per heavy atom. The Morgan fingerprint density at radius 1 is 0.628 bits per heavy atom. The average molecular weight is 616 g/mol. The van der Waals surface area contributed by atoms with E-state index < -0.39 is 10.0 Å². The number of benzene rings is 2. The molecule has 1 aromatic heterocycles. The molecule has 0 saturated carbocycles. The van der Waals surface area contributed by atoms with Gasteiger partial charge in [0.2, 0.25) is 0 Å². The molecule has 0 atom stereocenters. The molecule has 1 N–H and O–H groups in total. The summed E-state index contributed by atoms with van der Waals surface area (Å²) in [4.78, 5) is 0.205. The zero-order valence-electron chi connectivity index (χ0n) is 26.6. The zero-order valence-corrected chi connectivity index (χ0v) is 27.4. The predicted octanol–water partition coefficient (Wildman–Crippen LogP) is 8.68. The van der Waals surface area contributed by atoms with E-state index in [9.17, 15) is 8.42 Å². The van der Waals surface area contributed by atoms with Gasteiger partial charge in [0.05, 0.1) is 31.7 Å². The van der Waals surface area contributed by atoms with E-state index in [-0.39, 0.29) is 4.90 Å². The standard InChI is InChI=1S/C35H53NO6S/c1-40-30-21-23-31(24-22-30)43(38,39)36-28-29(34-32(36)25-26-33(41-2)35(34)42-3)20-18-16-14-12-10-8-6-4-5-7-9-11-13-15-17-19-27-37/h21-26,28,37H,4-20,27H2,1-3H3. The maximum absolute atomic E-state index is 13.7. The highest BCUT2D eigenvalue weighted by molar-refractivity contribution is 7.90. The summed E-state index contributed by atoms with van der Waals surface area (Å²) in [5.41, 5.74) is 1.54. The number of nitrogens with zero attached hydrogens (tertiary/aromatic N) is 1. The molecule has 7 nitrogen and oxygen atoms in total. The number of aliphatic hydroxyl groups is 1. The molecule has 0 aliphatic rings. The third-order valence-corrected chi connectivity index (χ3v) is 10.0. The molecule has 43 heavy (non-hydrogen) atoms. The zero-order chi connectivity index (χ0) is 30.9. The lowest BCUT2D eigenvalue weighted by molar-refractivity contribution is 0.282. The number of methoxy groups -OCH3 is 3. The van der Waals surface area contributed by atoms with Crippen LogP contribution in [-0.2, 0) is 16.4 Å². The molecule has 0 amide bonds. The van der Waals surface area contributed by atoms with E-state index in [4.69, 9.17) is 19.3 Å². The lowest BCUT2D eigenvalue weighted by atomic mass is 10.0. The second-order valence-corrected chi connectivity index (χ2v) is 13.3. The number of hydrogen-bond donors (Lipinski definition) is 1. The topological polar surface area (TPSA) is 87.0 Å². The number of unbranched alkanes of at least 4 members (excludes halogenated alkanes) is 15. The first kappa shape index (κ1) is 34.8. The SMILES string of the molecule is COc1ccc(S(=O)(=O)n2cc(CCCCCCCCCCCCCCCCCCO)c3c(OC)c(OC)ccc32)cc1. The fourth-order valence-corrected chi connectivity index (χ4v) is 7.22. The van der Waals surface area contributed by atoms with Crippen molar-refractivity contribution in [1.29, 1.82) is 0 Å². The van der Waals surface area contributed by atoms with Crippen molar-refractivity contribution in [3.63, 3.8) is 0 Å². The lowest BCUT2D eigenvalue weighted by Gasteiger charge is -2.11. The average Bonchev–Trinajstić information content (AvgIpc) is 3.41. The van der Waals surface area contributed by atoms with Crippen LogP contribution >= 0.6 is 0 Å². The minimum absolute atomic E-state index is 0.205. The van der Waals surface area contributed by atoms with Gasteiger partial charge in [-0.15, -0.1) is 0 Å². The number of ether oxygens (including phenoxy) is 3. The Labute approximate surface area is 259 Å². The summed E-state index contributed by atoms with van der Waals surface area (Å²) in [5.74, 6) is 1.76. The van der Waals surface area contributed by atoms with Crippen molar-refractivity contribution < 1.29 is 27.7 Å². The Balaban J connectivity index is 1.48. The summed E-state index contributed by atoms with van der Waals surface area (Å²) in [6.45, 7) is 0.332. The van der Waals surface area contributed by atoms with Gasteiger partial charge in [-0.05, 0) is 61.2 Å². The predicted molar refractivity (Wildman–Crippen MR) is 175 cm³/mol. The number of rotatable bonds is 23. The van der Waals surface area contributed by atoms with Crippen molar-refractivity contribution in [3.8, 4) is 17.2 Å². The first-order valence-corrected chi connectivity index (χ1v) is 17.7. The van der Waals surface area contributed by atoms with Gasteiger partial charge in [-0.25, -0.2) is 12.4 Å². The van der Waals surface area contributed by atoms with Gasteiger partial charge in [0.25, 0.3) is 10.0 Å². The first-order chi connectivity index (χ1) is 21.0. The maximum atomic E-state index is 13.7. The molecule has 0 fully saturated rings.